The first-order valence-corrected chi connectivity index (χ1v) is 6.91. The zero-order valence-corrected chi connectivity index (χ0v) is 11.3. The van der Waals surface area contributed by atoms with Gasteiger partial charge >= 0.3 is 0 Å². The zero-order chi connectivity index (χ0) is 13.0. The number of nitriles is 1. The van der Waals surface area contributed by atoms with E-state index in [-0.39, 0.29) is 6.04 Å². The smallest absolute Gasteiger partial charge is 0.0641 e. The fraction of sp³-hybridized carbons (Fsp3) is 0.562. The van der Waals surface area contributed by atoms with Crippen LogP contribution in [0.25, 0.3) is 0 Å². The minimum Gasteiger partial charge on any atom is -0.292 e. The molecule has 0 aromatic heterocycles. The van der Waals surface area contributed by atoms with Gasteiger partial charge in [-0.25, -0.2) is 0 Å². The van der Waals surface area contributed by atoms with Crippen molar-refractivity contribution < 1.29 is 0 Å². The molecule has 1 aromatic carbocycles. The summed E-state index contributed by atoms with van der Waals surface area (Å²) in [6.07, 6.45) is 3.15. The Hall–Kier alpha value is -1.33. The van der Waals surface area contributed by atoms with E-state index in [4.69, 9.17) is 5.26 Å². The minimum absolute atomic E-state index is 0.258. The summed E-state index contributed by atoms with van der Waals surface area (Å²) in [6, 6.07) is 13.6. The van der Waals surface area contributed by atoms with Crippen LogP contribution < -0.4 is 0 Å². The van der Waals surface area contributed by atoms with Gasteiger partial charge in [0.2, 0.25) is 0 Å². The third kappa shape index (κ3) is 2.73. The van der Waals surface area contributed by atoms with E-state index in [1.807, 2.05) is 6.07 Å². The standard InChI is InChI=1S/C16H22N2/c1-13-7-6-12-18(14(13)2)16(10-11-17)15-8-4-3-5-9-15/h3-5,8-9,13-14,16H,6-7,10,12H2,1-2H3. The molecule has 3 unspecified atom stereocenters. The number of piperidine rings is 1. The predicted molar refractivity (Wildman–Crippen MR) is 74.0 cm³/mol. The molecule has 0 saturated carbocycles. The van der Waals surface area contributed by atoms with E-state index in [0.29, 0.717) is 12.5 Å². The molecule has 1 aliphatic rings. The van der Waals surface area contributed by atoms with Crippen LogP contribution >= 0.6 is 0 Å². The first-order chi connectivity index (χ1) is 8.74. The second kappa shape index (κ2) is 6.02. The van der Waals surface area contributed by atoms with Gasteiger partial charge < -0.3 is 0 Å². The lowest BCUT2D eigenvalue weighted by atomic mass is 9.88. The van der Waals surface area contributed by atoms with Crippen molar-refractivity contribution in [2.24, 2.45) is 5.92 Å². The van der Waals surface area contributed by atoms with Crippen LogP contribution in [0, 0.1) is 17.2 Å². The van der Waals surface area contributed by atoms with E-state index < -0.39 is 0 Å². The summed E-state index contributed by atoms with van der Waals surface area (Å²) in [6.45, 7) is 5.75. The molecule has 0 radical (unpaired) electrons. The van der Waals surface area contributed by atoms with Crippen LogP contribution in [0.15, 0.2) is 30.3 Å². The SMILES string of the molecule is CC1CCCN(C(CC#N)c2ccccc2)C1C. The quantitative estimate of drug-likeness (QED) is 0.807. The molecular formula is C16H22N2. The number of hydrogen-bond acceptors (Lipinski definition) is 2. The van der Waals surface area contributed by atoms with Crippen LogP contribution in [0.3, 0.4) is 0 Å². The van der Waals surface area contributed by atoms with Crippen molar-refractivity contribution in [1.82, 2.24) is 4.90 Å². The second-order valence-corrected chi connectivity index (χ2v) is 5.39. The van der Waals surface area contributed by atoms with Gasteiger partial charge in [0.05, 0.1) is 12.5 Å². The molecular weight excluding hydrogens is 220 g/mol. The molecule has 1 aromatic rings. The first-order valence-electron chi connectivity index (χ1n) is 6.91. The molecule has 1 saturated heterocycles. The van der Waals surface area contributed by atoms with Gasteiger partial charge in [0, 0.05) is 12.1 Å². The van der Waals surface area contributed by atoms with Crippen molar-refractivity contribution in [3.8, 4) is 6.07 Å². The topological polar surface area (TPSA) is 27.0 Å². The maximum Gasteiger partial charge on any atom is 0.0641 e. The van der Waals surface area contributed by atoms with Crippen molar-refractivity contribution in [2.75, 3.05) is 6.54 Å². The molecule has 0 N–H and O–H groups in total. The Morgan fingerprint density at radius 1 is 1.33 bits per heavy atom. The van der Waals surface area contributed by atoms with Gasteiger partial charge in [-0.3, -0.25) is 4.90 Å². The van der Waals surface area contributed by atoms with Crippen molar-refractivity contribution in [2.45, 2.75) is 45.2 Å². The van der Waals surface area contributed by atoms with Crippen LogP contribution in [-0.4, -0.2) is 17.5 Å². The maximum absolute atomic E-state index is 9.10. The van der Waals surface area contributed by atoms with E-state index in [1.165, 1.54) is 18.4 Å². The molecule has 0 spiro atoms. The number of rotatable bonds is 3. The number of nitrogens with zero attached hydrogens (tertiary/aromatic N) is 2. The van der Waals surface area contributed by atoms with Gasteiger partial charge in [-0.15, -0.1) is 0 Å². The molecule has 2 nitrogen and oxygen atoms in total. The molecule has 96 valence electrons. The summed E-state index contributed by atoms with van der Waals surface area (Å²) in [4.78, 5) is 2.52. The Morgan fingerprint density at radius 3 is 2.72 bits per heavy atom. The van der Waals surface area contributed by atoms with Gasteiger partial charge in [-0.2, -0.15) is 5.26 Å². The largest absolute Gasteiger partial charge is 0.292 e. The monoisotopic (exact) mass is 242 g/mol. The summed E-state index contributed by atoms with van der Waals surface area (Å²) in [5, 5.41) is 9.10. The Labute approximate surface area is 110 Å². The highest BCUT2D eigenvalue weighted by Gasteiger charge is 2.30. The lowest BCUT2D eigenvalue weighted by Crippen LogP contribution is -2.44. The van der Waals surface area contributed by atoms with Crippen LogP contribution in [0.5, 0.6) is 0 Å². The van der Waals surface area contributed by atoms with Crippen LogP contribution in [0.4, 0.5) is 0 Å². The average Bonchev–Trinajstić information content (AvgIpc) is 2.41. The van der Waals surface area contributed by atoms with Gasteiger partial charge in [-0.05, 0) is 37.8 Å². The lowest BCUT2D eigenvalue weighted by Gasteiger charge is -2.42. The molecule has 1 fully saturated rings. The Bertz CT molecular complexity index is 407. The van der Waals surface area contributed by atoms with Crippen molar-refractivity contribution in [3.05, 3.63) is 35.9 Å². The van der Waals surface area contributed by atoms with Gasteiger partial charge in [0.15, 0.2) is 0 Å². The highest BCUT2D eigenvalue weighted by molar-refractivity contribution is 5.20. The summed E-state index contributed by atoms with van der Waals surface area (Å²) < 4.78 is 0. The highest BCUT2D eigenvalue weighted by Crippen LogP contribution is 2.33. The molecule has 1 heterocycles. The number of likely N-dealkylation sites (tertiary alicyclic amines) is 1. The summed E-state index contributed by atoms with van der Waals surface area (Å²) in [5.41, 5.74) is 1.28. The summed E-state index contributed by atoms with van der Waals surface area (Å²) in [5.74, 6) is 0.726. The molecule has 3 atom stereocenters. The maximum atomic E-state index is 9.10. The van der Waals surface area contributed by atoms with Crippen LogP contribution in [0.1, 0.15) is 44.7 Å². The lowest BCUT2D eigenvalue weighted by molar-refractivity contribution is 0.0692. The normalized spacial score (nSPS) is 26.5. The minimum atomic E-state index is 0.258. The van der Waals surface area contributed by atoms with E-state index in [0.717, 1.165) is 12.5 Å². The van der Waals surface area contributed by atoms with Crippen LogP contribution in [0.2, 0.25) is 0 Å². The summed E-state index contributed by atoms with van der Waals surface area (Å²) in [7, 11) is 0. The molecule has 1 aliphatic heterocycles. The molecule has 18 heavy (non-hydrogen) atoms. The molecule has 0 bridgehead atoms. The van der Waals surface area contributed by atoms with E-state index in [1.54, 1.807) is 0 Å². The number of benzene rings is 1. The first kappa shape index (κ1) is 13.1. The zero-order valence-electron chi connectivity index (χ0n) is 11.3. The predicted octanol–water partition coefficient (Wildman–Crippen LogP) is 3.76. The Kier molecular flexibility index (Phi) is 4.38. The van der Waals surface area contributed by atoms with Crippen molar-refractivity contribution in [3.63, 3.8) is 0 Å². The van der Waals surface area contributed by atoms with Crippen molar-refractivity contribution >= 4 is 0 Å². The number of hydrogen-bond donors (Lipinski definition) is 0. The fourth-order valence-electron chi connectivity index (χ4n) is 3.00. The van der Waals surface area contributed by atoms with Crippen LogP contribution in [-0.2, 0) is 0 Å². The third-order valence-corrected chi connectivity index (χ3v) is 4.29. The fourth-order valence-corrected chi connectivity index (χ4v) is 3.00. The van der Waals surface area contributed by atoms with E-state index in [2.05, 4.69) is 49.1 Å². The van der Waals surface area contributed by atoms with Gasteiger partial charge in [0.25, 0.3) is 0 Å². The molecule has 2 rings (SSSR count). The Balaban J connectivity index is 2.22. The third-order valence-electron chi connectivity index (χ3n) is 4.29. The molecule has 0 amide bonds. The average molecular weight is 242 g/mol. The van der Waals surface area contributed by atoms with E-state index in [9.17, 15) is 0 Å². The highest BCUT2D eigenvalue weighted by atomic mass is 15.2. The van der Waals surface area contributed by atoms with E-state index >= 15 is 0 Å². The van der Waals surface area contributed by atoms with Gasteiger partial charge in [-0.1, -0.05) is 37.3 Å². The molecule has 2 heteroatoms. The van der Waals surface area contributed by atoms with Crippen molar-refractivity contribution in [1.29, 1.82) is 5.26 Å². The Morgan fingerprint density at radius 2 is 2.06 bits per heavy atom. The van der Waals surface area contributed by atoms with Gasteiger partial charge in [0.1, 0.15) is 0 Å². The molecule has 0 aliphatic carbocycles. The summed E-state index contributed by atoms with van der Waals surface area (Å²) >= 11 is 0. The second-order valence-electron chi connectivity index (χ2n) is 5.39.